The van der Waals surface area contributed by atoms with Crippen LogP contribution in [-0.4, -0.2) is 35.1 Å². The largest absolute Gasteiger partial charge is 0.382 e. The van der Waals surface area contributed by atoms with Crippen molar-refractivity contribution in [3.8, 4) is 0 Å². The van der Waals surface area contributed by atoms with Crippen molar-refractivity contribution in [1.29, 1.82) is 0 Å². The van der Waals surface area contributed by atoms with Gasteiger partial charge in [-0.15, -0.1) is 0 Å². The van der Waals surface area contributed by atoms with Gasteiger partial charge in [0.25, 0.3) is 0 Å². The molecule has 2 aliphatic heterocycles. The molecule has 0 radical (unpaired) electrons. The summed E-state index contributed by atoms with van der Waals surface area (Å²) in [6.07, 6.45) is 6.73. The van der Waals surface area contributed by atoms with Crippen LogP contribution >= 0.6 is 11.6 Å². The Hall–Kier alpha value is -2.88. The summed E-state index contributed by atoms with van der Waals surface area (Å²) in [6, 6.07) is 24.6. The van der Waals surface area contributed by atoms with Crippen LogP contribution in [0.2, 0.25) is 5.02 Å². The zero-order valence-corrected chi connectivity index (χ0v) is 18.0. The van der Waals surface area contributed by atoms with Crippen LogP contribution in [0.15, 0.2) is 79.0 Å². The molecule has 154 valence electrons. The van der Waals surface area contributed by atoms with Crippen LogP contribution in [-0.2, 0) is 0 Å². The van der Waals surface area contributed by atoms with Gasteiger partial charge >= 0.3 is 0 Å². The molecule has 31 heavy (non-hydrogen) atoms. The van der Waals surface area contributed by atoms with Gasteiger partial charge in [0.2, 0.25) is 0 Å². The quantitative estimate of drug-likeness (QED) is 0.402. The Morgan fingerprint density at radius 2 is 1.84 bits per heavy atom. The van der Waals surface area contributed by atoms with Crippen LogP contribution in [0.3, 0.4) is 0 Å². The van der Waals surface area contributed by atoms with E-state index in [0.29, 0.717) is 12.1 Å². The lowest BCUT2D eigenvalue weighted by molar-refractivity contribution is 0.0434. The van der Waals surface area contributed by atoms with Crippen molar-refractivity contribution in [1.82, 2.24) is 9.88 Å². The molecule has 1 aromatic heterocycles. The molecule has 3 aliphatic rings. The topological polar surface area (TPSA) is 28.2 Å². The first kappa shape index (κ1) is 18.9. The maximum Gasteiger partial charge on any atom is 0.0934 e. The van der Waals surface area contributed by atoms with Crippen molar-refractivity contribution < 1.29 is 0 Å². The minimum absolute atomic E-state index is 0.552. The van der Waals surface area contributed by atoms with E-state index in [2.05, 4.69) is 69.8 Å². The summed E-state index contributed by atoms with van der Waals surface area (Å²) >= 11 is 6.31. The molecule has 0 saturated carbocycles. The Balaban J connectivity index is 1.14. The van der Waals surface area contributed by atoms with E-state index < -0.39 is 0 Å². The Morgan fingerprint density at radius 1 is 0.968 bits per heavy atom. The van der Waals surface area contributed by atoms with E-state index in [1.807, 2.05) is 24.4 Å². The number of pyridine rings is 1. The third-order valence-corrected chi connectivity index (χ3v) is 6.95. The highest BCUT2D eigenvalue weighted by atomic mass is 35.5. The molecule has 1 aliphatic carbocycles. The molecule has 1 saturated heterocycles. The molecular weight excluding hydrogens is 402 g/mol. The number of anilines is 1. The molecule has 2 unspecified atom stereocenters. The van der Waals surface area contributed by atoms with Gasteiger partial charge in [-0.2, -0.15) is 0 Å². The molecule has 0 spiro atoms. The fraction of sp³-hybridized carbons (Fsp3) is 0.222. The second kappa shape index (κ2) is 7.67. The summed E-state index contributed by atoms with van der Waals surface area (Å²) in [5.41, 5.74) is 4.87. The number of halogens is 1. The second-order valence-corrected chi connectivity index (χ2v) is 9.04. The van der Waals surface area contributed by atoms with Crippen molar-refractivity contribution in [2.24, 2.45) is 0 Å². The smallest absolute Gasteiger partial charge is 0.0934 e. The summed E-state index contributed by atoms with van der Waals surface area (Å²) in [7, 11) is 0. The lowest BCUT2D eigenvalue weighted by Gasteiger charge is -2.51. The van der Waals surface area contributed by atoms with Gasteiger partial charge in [0.05, 0.1) is 11.2 Å². The van der Waals surface area contributed by atoms with Gasteiger partial charge in [-0.05, 0) is 59.0 Å². The normalized spacial score (nSPS) is 20.5. The van der Waals surface area contributed by atoms with Crippen molar-refractivity contribution >= 4 is 44.5 Å². The Morgan fingerprint density at radius 3 is 2.71 bits per heavy atom. The predicted molar refractivity (Wildman–Crippen MR) is 131 cm³/mol. The molecule has 2 bridgehead atoms. The third-order valence-electron chi connectivity index (χ3n) is 6.73. The van der Waals surface area contributed by atoms with Crippen LogP contribution in [0, 0.1) is 0 Å². The van der Waals surface area contributed by atoms with E-state index in [1.54, 1.807) is 0 Å². The van der Waals surface area contributed by atoms with Crippen LogP contribution in [0.1, 0.15) is 18.4 Å². The number of nitrogens with zero attached hydrogens (tertiary/aromatic N) is 2. The van der Waals surface area contributed by atoms with Gasteiger partial charge in [-0.1, -0.05) is 60.1 Å². The average Bonchev–Trinajstić information content (AvgIpc) is 2.81. The summed E-state index contributed by atoms with van der Waals surface area (Å²) in [5.74, 6) is 0. The standard InChI is InChI=1S/C27H24ClN3/c28-23-13-21-6-3-9-30-27(21)26(16-23)29-10-11-31-24-14-22(15-25(31)17-24)20-8-7-18-4-1-2-5-19(18)12-20/h1-9,12-14,16,24-25,29H,10-11,15,17H2. The highest BCUT2D eigenvalue weighted by Gasteiger charge is 2.40. The number of hydrogen-bond acceptors (Lipinski definition) is 3. The van der Waals surface area contributed by atoms with E-state index in [-0.39, 0.29) is 0 Å². The van der Waals surface area contributed by atoms with Crippen molar-refractivity contribution in [2.45, 2.75) is 24.9 Å². The molecule has 3 nitrogen and oxygen atoms in total. The van der Waals surface area contributed by atoms with E-state index in [1.165, 1.54) is 28.3 Å². The molecule has 4 aromatic rings. The van der Waals surface area contributed by atoms with E-state index in [9.17, 15) is 0 Å². The molecule has 7 rings (SSSR count). The number of hydrogen-bond donors (Lipinski definition) is 1. The van der Waals surface area contributed by atoms with Crippen LogP contribution in [0.4, 0.5) is 5.69 Å². The fourth-order valence-corrected chi connectivity index (χ4v) is 5.39. The zero-order chi connectivity index (χ0) is 20.8. The first-order valence-corrected chi connectivity index (χ1v) is 11.4. The molecule has 1 fully saturated rings. The zero-order valence-electron chi connectivity index (χ0n) is 17.3. The van der Waals surface area contributed by atoms with E-state index >= 15 is 0 Å². The molecule has 4 heteroatoms. The molecule has 0 amide bonds. The van der Waals surface area contributed by atoms with Gasteiger partial charge in [-0.25, -0.2) is 0 Å². The molecule has 1 N–H and O–H groups in total. The third kappa shape index (κ3) is 3.48. The van der Waals surface area contributed by atoms with Crippen LogP contribution in [0.25, 0.3) is 27.2 Å². The first-order valence-electron chi connectivity index (χ1n) is 11.0. The van der Waals surface area contributed by atoms with Crippen LogP contribution in [0.5, 0.6) is 0 Å². The maximum atomic E-state index is 6.31. The van der Waals surface area contributed by atoms with Crippen molar-refractivity contribution in [3.63, 3.8) is 0 Å². The lowest BCUT2D eigenvalue weighted by Crippen LogP contribution is -2.58. The SMILES string of the molecule is Clc1cc(NCCN2C3C=C(c4ccc5ccccc5c4)CC2C3)c2ncccc2c1. The number of nitrogens with one attached hydrogen (secondary N) is 1. The van der Waals surface area contributed by atoms with E-state index in [4.69, 9.17) is 11.6 Å². The summed E-state index contributed by atoms with van der Waals surface area (Å²) in [4.78, 5) is 7.15. The summed E-state index contributed by atoms with van der Waals surface area (Å²) in [6.45, 7) is 1.91. The van der Waals surface area contributed by atoms with Gasteiger partial charge < -0.3 is 5.32 Å². The predicted octanol–water partition coefficient (Wildman–Crippen LogP) is 6.38. The second-order valence-electron chi connectivity index (χ2n) is 8.61. The summed E-state index contributed by atoms with van der Waals surface area (Å²) in [5, 5.41) is 8.02. The van der Waals surface area contributed by atoms with Crippen molar-refractivity contribution in [2.75, 3.05) is 18.4 Å². The number of aromatic nitrogens is 1. The number of benzene rings is 3. The highest BCUT2D eigenvalue weighted by molar-refractivity contribution is 6.31. The number of rotatable bonds is 5. The monoisotopic (exact) mass is 425 g/mol. The minimum Gasteiger partial charge on any atom is -0.382 e. The average molecular weight is 426 g/mol. The van der Waals surface area contributed by atoms with Gasteiger partial charge in [0.15, 0.2) is 0 Å². The maximum absolute atomic E-state index is 6.31. The van der Waals surface area contributed by atoms with Crippen LogP contribution < -0.4 is 5.32 Å². The lowest BCUT2D eigenvalue weighted by atomic mass is 9.78. The minimum atomic E-state index is 0.552. The summed E-state index contributed by atoms with van der Waals surface area (Å²) < 4.78 is 0. The Labute approximate surface area is 187 Å². The Bertz CT molecular complexity index is 1310. The number of fused-ring (bicyclic) bond motifs is 3. The highest BCUT2D eigenvalue weighted by Crippen LogP contribution is 2.41. The van der Waals surface area contributed by atoms with Gasteiger partial charge in [0.1, 0.15) is 0 Å². The van der Waals surface area contributed by atoms with E-state index in [0.717, 1.165) is 41.1 Å². The molecule has 2 atom stereocenters. The Kier molecular flexibility index (Phi) is 4.66. The molecule has 3 aromatic carbocycles. The fourth-order valence-electron chi connectivity index (χ4n) is 5.16. The van der Waals surface area contributed by atoms with Gasteiger partial charge in [-0.3, -0.25) is 9.88 Å². The molecule has 3 heterocycles. The van der Waals surface area contributed by atoms with Gasteiger partial charge in [0, 0.05) is 41.8 Å². The molecular formula is C27H24ClN3. The van der Waals surface area contributed by atoms with Crippen molar-refractivity contribution in [3.05, 3.63) is 89.6 Å². The first-order chi connectivity index (χ1) is 15.2.